The minimum Gasteiger partial charge on any atom is -0.379 e. The monoisotopic (exact) mass is 443 g/mol. The van der Waals surface area contributed by atoms with Gasteiger partial charge in [-0.25, -0.2) is 8.42 Å². The van der Waals surface area contributed by atoms with E-state index in [1.165, 1.54) is 21.5 Å². The number of sulfonamides is 1. The highest BCUT2D eigenvalue weighted by Gasteiger charge is 2.28. The third kappa shape index (κ3) is 4.98. The fraction of sp³-hybridized carbons (Fsp3) is 0.435. The number of morpholine rings is 1. The fourth-order valence-electron chi connectivity index (χ4n) is 4.05. The lowest BCUT2D eigenvalue weighted by Crippen LogP contribution is -2.48. The maximum Gasteiger partial charge on any atom is 0.253 e. The predicted octanol–water partition coefficient (Wildman–Crippen LogP) is 1.97. The largest absolute Gasteiger partial charge is 0.379 e. The summed E-state index contributed by atoms with van der Waals surface area (Å²) in [5.74, 6) is -0.116. The van der Waals surface area contributed by atoms with Crippen molar-refractivity contribution < 1.29 is 17.9 Å². The Kier molecular flexibility index (Phi) is 6.71. The molecule has 1 amide bonds. The number of hydrogen-bond donors (Lipinski definition) is 0. The number of hydrogen-bond acceptors (Lipinski definition) is 5. The molecule has 0 aliphatic carbocycles. The van der Waals surface area contributed by atoms with Crippen LogP contribution in [-0.4, -0.2) is 80.9 Å². The number of aryl methyl sites for hydroxylation is 1. The van der Waals surface area contributed by atoms with E-state index in [0.717, 1.165) is 19.6 Å². The van der Waals surface area contributed by atoms with Crippen LogP contribution >= 0.6 is 0 Å². The van der Waals surface area contributed by atoms with Gasteiger partial charge in [-0.2, -0.15) is 4.31 Å². The van der Waals surface area contributed by atoms with Crippen molar-refractivity contribution >= 4 is 15.9 Å². The molecule has 2 aliphatic heterocycles. The molecule has 2 aromatic rings. The molecule has 2 aliphatic rings. The van der Waals surface area contributed by atoms with Gasteiger partial charge in [0.1, 0.15) is 0 Å². The summed E-state index contributed by atoms with van der Waals surface area (Å²) in [4.78, 5) is 17.4. The number of benzene rings is 2. The van der Waals surface area contributed by atoms with Crippen LogP contribution in [0.25, 0.3) is 0 Å². The van der Waals surface area contributed by atoms with E-state index in [4.69, 9.17) is 4.74 Å². The average molecular weight is 444 g/mol. The summed E-state index contributed by atoms with van der Waals surface area (Å²) in [6, 6.07) is 14.8. The van der Waals surface area contributed by atoms with Crippen molar-refractivity contribution in [1.82, 2.24) is 14.1 Å². The molecule has 4 rings (SSSR count). The predicted molar refractivity (Wildman–Crippen MR) is 118 cm³/mol. The van der Waals surface area contributed by atoms with Crippen molar-refractivity contribution in [3.05, 3.63) is 65.2 Å². The number of carbonyl (C=O) groups is 1. The maximum absolute atomic E-state index is 13.1. The second kappa shape index (κ2) is 9.48. The Labute approximate surface area is 184 Å². The number of carbonyl (C=O) groups excluding carboxylic acids is 1. The Bertz CT molecular complexity index is 1030. The van der Waals surface area contributed by atoms with Crippen LogP contribution in [0.1, 0.15) is 21.5 Å². The summed E-state index contributed by atoms with van der Waals surface area (Å²) in [6.07, 6.45) is 0. The molecule has 2 aromatic carbocycles. The van der Waals surface area contributed by atoms with Gasteiger partial charge < -0.3 is 9.64 Å². The first-order chi connectivity index (χ1) is 14.9. The standard InChI is InChI=1S/C23H29N3O4S/c1-19-5-2-3-6-21(19)18-24-9-11-25(12-10-24)23(27)20-7-4-8-22(17-20)31(28,29)26-13-15-30-16-14-26/h2-8,17H,9-16,18H2,1H3. The molecule has 0 radical (unpaired) electrons. The molecular formula is C23H29N3O4S. The third-order valence-electron chi connectivity index (χ3n) is 6.00. The van der Waals surface area contributed by atoms with Gasteiger partial charge in [-0.05, 0) is 36.2 Å². The lowest BCUT2D eigenvalue weighted by molar-refractivity contribution is 0.0627. The first-order valence-electron chi connectivity index (χ1n) is 10.7. The third-order valence-corrected chi connectivity index (χ3v) is 7.90. The van der Waals surface area contributed by atoms with Gasteiger partial charge in [0.15, 0.2) is 0 Å². The Morgan fingerprint density at radius 3 is 2.35 bits per heavy atom. The molecule has 0 bridgehead atoms. The average Bonchev–Trinajstić information content (AvgIpc) is 2.81. The number of amides is 1. The molecule has 0 saturated carbocycles. The van der Waals surface area contributed by atoms with Crippen molar-refractivity contribution in [2.75, 3.05) is 52.5 Å². The molecule has 0 atom stereocenters. The zero-order chi connectivity index (χ0) is 21.8. The van der Waals surface area contributed by atoms with Gasteiger partial charge in [0.05, 0.1) is 18.1 Å². The summed E-state index contributed by atoms with van der Waals surface area (Å²) in [7, 11) is -3.62. The van der Waals surface area contributed by atoms with Crippen molar-refractivity contribution in [3.8, 4) is 0 Å². The van der Waals surface area contributed by atoms with Crippen LogP contribution in [0.5, 0.6) is 0 Å². The summed E-state index contributed by atoms with van der Waals surface area (Å²) < 4.78 is 32.5. The van der Waals surface area contributed by atoms with E-state index < -0.39 is 10.0 Å². The first-order valence-corrected chi connectivity index (χ1v) is 12.1. The minimum absolute atomic E-state index is 0.116. The van der Waals surface area contributed by atoms with Crippen molar-refractivity contribution in [2.24, 2.45) is 0 Å². The molecular weight excluding hydrogens is 414 g/mol. The molecule has 0 unspecified atom stereocenters. The highest BCUT2D eigenvalue weighted by Crippen LogP contribution is 2.20. The SMILES string of the molecule is Cc1ccccc1CN1CCN(C(=O)c2cccc(S(=O)(=O)N3CCOCC3)c2)CC1. The number of nitrogens with zero attached hydrogens (tertiary/aromatic N) is 3. The summed E-state index contributed by atoms with van der Waals surface area (Å²) in [5, 5.41) is 0. The summed E-state index contributed by atoms with van der Waals surface area (Å²) in [5.41, 5.74) is 3.00. The lowest BCUT2D eigenvalue weighted by atomic mass is 10.1. The van der Waals surface area contributed by atoms with Crippen LogP contribution in [0.4, 0.5) is 0 Å². The van der Waals surface area contributed by atoms with E-state index in [0.29, 0.717) is 45.0 Å². The molecule has 7 nitrogen and oxygen atoms in total. The van der Waals surface area contributed by atoms with Crippen molar-refractivity contribution in [2.45, 2.75) is 18.4 Å². The van der Waals surface area contributed by atoms with Crippen molar-refractivity contribution in [3.63, 3.8) is 0 Å². The van der Waals surface area contributed by atoms with Gasteiger partial charge in [-0.15, -0.1) is 0 Å². The smallest absolute Gasteiger partial charge is 0.253 e. The lowest BCUT2D eigenvalue weighted by Gasteiger charge is -2.35. The van der Waals surface area contributed by atoms with E-state index in [1.54, 1.807) is 18.2 Å². The van der Waals surface area contributed by atoms with Crippen LogP contribution in [0.15, 0.2) is 53.4 Å². The van der Waals surface area contributed by atoms with Gasteiger partial charge >= 0.3 is 0 Å². The van der Waals surface area contributed by atoms with Gasteiger partial charge in [0, 0.05) is 51.4 Å². The fourth-order valence-corrected chi connectivity index (χ4v) is 5.50. The second-order valence-corrected chi connectivity index (χ2v) is 9.98. The van der Waals surface area contributed by atoms with E-state index >= 15 is 0 Å². The molecule has 0 N–H and O–H groups in total. The molecule has 166 valence electrons. The number of ether oxygens (including phenoxy) is 1. The van der Waals surface area contributed by atoms with Crippen LogP contribution in [0, 0.1) is 6.92 Å². The van der Waals surface area contributed by atoms with Crippen LogP contribution in [0.3, 0.4) is 0 Å². The Morgan fingerprint density at radius 1 is 0.935 bits per heavy atom. The zero-order valence-electron chi connectivity index (χ0n) is 17.9. The number of piperazine rings is 1. The first kappa shape index (κ1) is 22.0. The van der Waals surface area contributed by atoms with Crippen LogP contribution in [0.2, 0.25) is 0 Å². The molecule has 2 heterocycles. The Balaban J connectivity index is 1.40. The molecule has 8 heteroatoms. The van der Waals surface area contributed by atoms with Crippen LogP contribution < -0.4 is 0 Å². The zero-order valence-corrected chi connectivity index (χ0v) is 18.7. The molecule has 0 spiro atoms. The normalized spacial score (nSPS) is 18.8. The number of rotatable bonds is 5. The van der Waals surface area contributed by atoms with E-state index in [-0.39, 0.29) is 10.8 Å². The topological polar surface area (TPSA) is 70.2 Å². The molecule has 2 saturated heterocycles. The quantitative estimate of drug-likeness (QED) is 0.707. The Morgan fingerprint density at radius 2 is 1.65 bits per heavy atom. The van der Waals surface area contributed by atoms with Gasteiger partial charge in [0.25, 0.3) is 5.91 Å². The second-order valence-electron chi connectivity index (χ2n) is 8.04. The molecule has 0 aromatic heterocycles. The van der Waals surface area contributed by atoms with E-state index in [1.807, 2.05) is 11.0 Å². The van der Waals surface area contributed by atoms with Crippen LogP contribution in [-0.2, 0) is 21.3 Å². The molecule has 31 heavy (non-hydrogen) atoms. The van der Waals surface area contributed by atoms with E-state index in [2.05, 4.69) is 30.0 Å². The Hall–Kier alpha value is -2.26. The highest BCUT2D eigenvalue weighted by molar-refractivity contribution is 7.89. The van der Waals surface area contributed by atoms with Gasteiger partial charge in [-0.1, -0.05) is 30.3 Å². The minimum atomic E-state index is -3.62. The molecule has 2 fully saturated rings. The highest BCUT2D eigenvalue weighted by atomic mass is 32.2. The van der Waals surface area contributed by atoms with Gasteiger partial charge in [0.2, 0.25) is 10.0 Å². The van der Waals surface area contributed by atoms with Crippen molar-refractivity contribution in [1.29, 1.82) is 0 Å². The summed E-state index contributed by atoms with van der Waals surface area (Å²) >= 11 is 0. The maximum atomic E-state index is 13.1. The van der Waals surface area contributed by atoms with E-state index in [9.17, 15) is 13.2 Å². The summed E-state index contributed by atoms with van der Waals surface area (Å²) in [6.45, 7) is 7.31. The van der Waals surface area contributed by atoms with Gasteiger partial charge in [-0.3, -0.25) is 9.69 Å².